The Morgan fingerprint density at radius 1 is 1.50 bits per heavy atom. The van der Waals surface area contributed by atoms with Crippen molar-refractivity contribution in [2.24, 2.45) is 10.9 Å². The third-order valence-corrected chi connectivity index (χ3v) is 0.754. The summed E-state index contributed by atoms with van der Waals surface area (Å²) in [5, 5.41) is 2.55. The van der Waals surface area contributed by atoms with Crippen LogP contribution in [0.1, 0.15) is 6.92 Å². The first-order chi connectivity index (χ1) is 4.52. The van der Waals surface area contributed by atoms with Crippen LogP contribution in [0.3, 0.4) is 0 Å². The van der Waals surface area contributed by atoms with Gasteiger partial charge in [-0.1, -0.05) is 6.08 Å². The number of nitrogens with two attached hydrogens (primary N) is 1. The average Bonchev–Trinajstić information content (AvgIpc) is 1.80. The molecule has 0 atom stereocenters. The molecule has 0 bridgehead atoms. The first-order valence-corrected chi connectivity index (χ1v) is 2.50. The van der Waals surface area contributed by atoms with Gasteiger partial charge in [0.2, 0.25) is 0 Å². The van der Waals surface area contributed by atoms with Crippen LogP contribution in [0.15, 0.2) is 17.3 Å². The van der Waals surface area contributed by atoms with E-state index in [9.17, 15) is 13.2 Å². The number of alkyl halides is 3. The molecule has 0 spiro atoms. The van der Waals surface area contributed by atoms with Gasteiger partial charge >= 0.3 is 6.18 Å². The Balaban J connectivity index is 4.39. The van der Waals surface area contributed by atoms with E-state index >= 15 is 0 Å². The van der Waals surface area contributed by atoms with Crippen molar-refractivity contribution in [3.05, 3.63) is 12.2 Å². The summed E-state index contributed by atoms with van der Waals surface area (Å²) < 4.78 is 34.9. The van der Waals surface area contributed by atoms with E-state index in [4.69, 9.17) is 0 Å². The lowest BCUT2D eigenvalue weighted by atomic mass is 10.3. The molecule has 0 aliphatic carbocycles. The molecule has 0 unspecified atom stereocenters. The SMILES string of the molecule is C/C=C\C(=N/N)C(F)(F)F. The third-order valence-electron chi connectivity index (χ3n) is 0.754. The first kappa shape index (κ1) is 9.00. The summed E-state index contributed by atoms with van der Waals surface area (Å²) in [4.78, 5) is 0. The summed E-state index contributed by atoms with van der Waals surface area (Å²) >= 11 is 0. The number of halogens is 3. The van der Waals surface area contributed by atoms with Gasteiger partial charge in [0, 0.05) is 0 Å². The van der Waals surface area contributed by atoms with Gasteiger partial charge in [0.15, 0.2) is 5.71 Å². The van der Waals surface area contributed by atoms with Crippen molar-refractivity contribution in [1.29, 1.82) is 0 Å². The largest absolute Gasteiger partial charge is 0.435 e. The van der Waals surface area contributed by atoms with Crippen molar-refractivity contribution in [1.82, 2.24) is 0 Å². The lowest BCUT2D eigenvalue weighted by Gasteiger charge is -2.02. The minimum atomic E-state index is -4.44. The minimum absolute atomic E-state index is 0.806. The van der Waals surface area contributed by atoms with Gasteiger partial charge in [0.25, 0.3) is 0 Å². The summed E-state index contributed by atoms with van der Waals surface area (Å²) in [5.41, 5.74) is -1.07. The molecule has 2 N–H and O–H groups in total. The zero-order chi connectivity index (χ0) is 8.20. The highest BCUT2D eigenvalue weighted by Gasteiger charge is 2.33. The number of allylic oxidation sites excluding steroid dienone is 2. The maximum atomic E-state index is 11.6. The van der Waals surface area contributed by atoms with Crippen LogP contribution in [0.4, 0.5) is 13.2 Å². The van der Waals surface area contributed by atoms with E-state index in [0.29, 0.717) is 0 Å². The van der Waals surface area contributed by atoms with Gasteiger partial charge in [0.05, 0.1) is 0 Å². The summed E-state index contributed by atoms with van der Waals surface area (Å²) in [6, 6.07) is 0. The molecule has 0 saturated heterocycles. The molecule has 0 rings (SSSR count). The highest BCUT2D eigenvalue weighted by atomic mass is 19.4. The van der Waals surface area contributed by atoms with Gasteiger partial charge in [-0.3, -0.25) is 0 Å². The van der Waals surface area contributed by atoms with E-state index in [1.54, 1.807) is 0 Å². The molecular weight excluding hydrogens is 145 g/mol. The van der Waals surface area contributed by atoms with Crippen LogP contribution >= 0.6 is 0 Å². The van der Waals surface area contributed by atoms with Crippen LogP contribution < -0.4 is 5.84 Å². The Labute approximate surface area is 56.2 Å². The Morgan fingerprint density at radius 2 is 2.00 bits per heavy atom. The average molecular weight is 152 g/mol. The van der Waals surface area contributed by atoms with Crippen LogP contribution in [-0.2, 0) is 0 Å². The first-order valence-electron chi connectivity index (χ1n) is 2.50. The summed E-state index contributed by atoms with van der Waals surface area (Å²) in [6.07, 6.45) is -2.42. The fraction of sp³-hybridized carbons (Fsp3) is 0.400. The smallest absolute Gasteiger partial charge is 0.323 e. The highest BCUT2D eigenvalue weighted by Crippen LogP contribution is 2.17. The van der Waals surface area contributed by atoms with Crippen molar-refractivity contribution < 1.29 is 13.2 Å². The molecule has 5 heteroatoms. The zero-order valence-corrected chi connectivity index (χ0v) is 5.31. The molecule has 0 aromatic rings. The second kappa shape index (κ2) is 3.24. The van der Waals surface area contributed by atoms with Gasteiger partial charge in [-0.2, -0.15) is 18.3 Å². The molecule has 0 aliphatic heterocycles. The van der Waals surface area contributed by atoms with Crippen molar-refractivity contribution in [2.45, 2.75) is 13.1 Å². The maximum Gasteiger partial charge on any atom is 0.435 e. The van der Waals surface area contributed by atoms with Crippen LogP contribution in [0.5, 0.6) is 0 Å². The van der Waals surface area contributed by atoms with Crippen LogP contribution in [-0.4, -0.2) is 11.9 Å². The van der Waals surface area contributed by atoms with Crippen LogP contribution in [0, 0.1) is 0 Å². The van der Waals surface area contributed by atoms with E-state index < -0.39 is 11.9 Å². The molecule has 10 heavy (non-hydrogen) atoms. The molecular formula is C5H7F3N2. The van der Waals surface area contributed by atoms with Crippen molar-refractivity contribution in [3.8, 4) is 0 Å². The Morgan fingerprint density at radius 3 is 2.10 bits per heavy atom. The number of rotatable bonds is 1. The standard InChI is InChI=1S/C5H7F3N2/c1-2-3-4(10-9)5(6,7)8/h2-3H,9H2,1H3/b3-2-,10-4+. The Hall–Kier alpha value is -1.00. The fourth-order valence-electron chi connectivity index (χ4n) is 0.369. The molecule has 2 nitrogen and oxygen atoms in total. The molecule has 0 aliphatic rings. The van der Waals surface area contributed by atoms with Crippen molar-refractivity contribution in [3.63, 3.8) is 0 Å². The molecule has 0 radical (unpaired) electrons. The molecule has 0 aromatic carbocycles. The Kier molecular flexibility index (Phi) is 2.92. The van der Waals surface area contributed by atoms with Gasteiger partial charge < -0.3 is 5.84 Å². The van der Waals surface area contributed by atoms with E-state index in [0.717, 1.165) is 6.08 Å². The molecule has 0 fully saturated rings. The second-order valence-electron chi connectivity index (χ2n) is 1.51. The van der Waals surface area contributed by atoms with E-state index in [1.807, 2.05) is 0 Å². The molecule has 0 heterocycles. The molecule has 0 aromatic heterocycles. The number of hydrogen-bond acceptors (Lipinski definition) is 2. The van der Waals surface area contributed by atoms with Gasteiger partial charge in [0.1, 0.15) is 0 Å². The predicted octanol–water partition coefficient (Wildman–Crippen LogP) is 1.44. The van der Waals surface area contributed by atoms with Crippen molar-refractivity contribution in [2.75, 3.05) is 0 Å². The second-order valence-corrected chi connectivity index (χ2v) is 1.51. The zero-order valence-electron chi connectivity index (χ0n) is 5.31. The number of nitrogens with zero attached hydrogens (tertiary/aromatic N) is 1. The number of hydrazone groups is 1. The Bertz CT molecular complexity index is 157. The summed E-state index contributed by atoms with van der Waals surface area (Å²) in [5.74, 6) is 4.46. The van der Waals surface area contributed by atoms with Gasteiger partial charge in [-0.25, -0.2) is 0 Å². The monoisotopic (exact) mass is 152 g/mol. The molecule has 0 saturated carbocycles. The van der Waals surface area contributed by atoms with E-state index in [1.165, 1.54) is 13.0 Å². The quantitative estimate of drug-likeness (QED) is 0.344. The van der Waals surface area contributed by atoms with E-state index in [-0.39, 0.29) is 0 Å². The highest BCUT2D eigenvalue weighted by molar-refractivity contribution is 5.99. The normalized spacial score (nSPS) is 14.6. The predicted molar refractivity (Wildman–Crippen MR) is 32.5 cm³/mol. The fourth-order valence-corrected chi connectivity index (χ4v) is 0.369. The topological polar surface area (TPSA) is 38.4 Å². The maximum absolute atomic E-state index is 11.6. The summed E-state index contributed by atoms with van der Waals surface area (Å²) in [6.45, 7) is 1.46. The van der Waals surface area contributed by atoms with Crippen LogP contribution in [0.25, 0.3) is 0 Å². The summed E-state index contributed by atoms with van der Waals surface area (Å²) in [7, 11) is 0. The van der Waals surface area contributed by atoms with Gasteiger partial charge in [-0.05, 0) is 13.0 Å². The lowest BCUT2D eigenvalue weighted by molar-refractivity contribution is -0.0578. The van der Waals surface area contributed by atoms with Crippen LogP contribution in [0.2, 0.25) is 0 Å². The number of hydrogen-bond donors (Lipinski definition) is 1. The molecule has 58 valence electrons. The van der Waals surface area contributed by atoms with Crippen molar-refractivity contribution >= 4 is 5.71 Å². The lowest BCUT2D eigenvalue weighted by Crippen LogP contribution is -2.21. The molecule has 0 amide bonds. The third kappa shape index (κ3) is 2.52. The van der Waals surface area contributed by atoms with E-state index in [2.05, 4.69) is 10.9 Å². The minimum Gasteiger partial charge on any atom is -0.323 e. The van der Waals surface area contributed by atoms with Gasteiger partial charge in [-0.15, -0.1) is 0 Å².